The molecule has 0 amide bonds. The zero-order chi connectivity index (χ0) is 11.5. The molecule has 0 aromatic heterocycles. The van der Waals surface area contributed by atoms with Crippen molar-refractivity contribution in [3.05, 3.63) is 23.8 Å². The molecule has 2 nitrogen and oxygen atoms in total. The van der Waals surface area contributed by atoms with E-state index in [4.69, 9.17) is 21.8 Å². The van der Waals surface area contributed by atoms with E-state index in [1.54, 1.807) is 11.8 Å². The molecule has 1 unspecified atom stereocenters. The van der Waals surface area contributed by atoms with Gasteiger partial charge in [-0.2, -0.15) is 0 Å². The van der Waals surface area contributed by atoms with Crippen LogP contribution in [0.15, 0.2) is 23.1 Å². The van der Waals surface area contributed by atoms with Crippen LogP contribution in [-0.4, -0.2) is 12.4 Å². The molecular weight excluding hydrogens is 245 g/mol. The van der Waals surface area contributed by atoms with Gasteiger partial charge in [0.25, 0.3) is 0 Å². The van der Waals surface area contributed by atoms with E-state index in [0.717, 1.165) is 5.75 Å². The van der Waals surface area contributed by atoms with Crippen molar-refractivity contribution in [1.82, 2.24) is 0 Å². The molecule has 0 aliphatic heterocycles. The van der Waals surface area contributed by atoms with Crippen LogP contribution in [0.2, 0.25) is 0 Å². The van der Waals surface area contributed by atoms with E-state index in [9.17, 15) is 0 Å². The molecule has 0 aliphatic rings. The summed E-state index contributed by atoms with van der Waals surface area (Å²) < 4.78 is 5.63. The van der Waals surface area contributed by atoms with Gasteiger partial charge >= 0.3 is 0 Å². The van der Waals surface area contributed by atoms with Crippen LogP contribution >= 0.6 is 18.2 Å². The fraction of sp³-hybridized carbons (Fsp3) is 0.400. The molecule has 0 saturated carbocycles. The minimum absolute atomic E-state index is 0.714. The van der Waals surface area contributed by atoms with E-state index in [1.807, 2.05) is 25.1 Å². The molecule has 2 N–H and O–H groups in total. The first-order valence-corrected chi connectivity index (χ1v) is 8.90. The van der Waals surface area contributed by atoms with Gasteiger partial charge in [0.1, 0.15) is 5.75 Å². The van der Waals surface area contributed by atoms with Crippen LogP contribution in [0.5, 0.6) is 5.75 Å². The van der Waals surface area contributed by atoms with Gasteiger partial charge < -0.3 is 4.52 Å². The first-order chi connectivity index (χ1) is 6.98. The number of rotatable bonds is 4. The summed E-state index contributed by atoms with van der Waals surface area (Å²) in [5.41, 5.74) is 7.07. The van der Waals surface area contributed by atoms with Crippen LogP contribution < -0.4 is 10.0 Å². The average Bonchev–Trinajstić information content (AvgIpc) is 2.17. The Bertz CT molecular complexity index is 395. The van der Waals surface area contributed by atoms with Gasteiger partial charge in [-0.25, -0.2) is 0 Å². The third-order valence-electron chi connectivity index (χ3n) is 2.07. The molecule has 0 aliphatic carbocycles. The van der Waals surface area contributed by atoms with Gasteiger partial charge in [-0.1, -0.05) is 6.92 Å². The lowest BCUT2D eigenvalue weighted by Crippen LogP contribution is -2.04. The van der Waals surface area contributed by atoms with Gasteiger partial charge in [0, 0.05) is 11.1 Å². The summed E-state index contributed by atoms with van der Waals surface area (Å²) in [5, 5.41) is 0. The molecule has 84 valence electrons. The smallest absolute Gasteiger partial charge is 0.175 e. The lowest BCUT2D eigenvalue weighted by molar-refractivity contribution is 0.610. The lowest BCUT2D eigenvalue weighted by Gasteiger charge is -2.17. The standard InChI is InChI=1S/C10H16NOPS2/c1-4-13(11,14)12-9-5-6-10(15-3)8(2)7-9/h5-7H,4H2,1-3H3,(H2,11,14). The van der Waals surface area contributed by atoms with Gasteiger partial charge in [-0.05, 0) is 48.7 Å². The average molecular weight is 261 g/mol. The summed E-state index contributed by atoms with van der Waals surface area (Å²) in [6.45, 7) is 4.02. The third-order valence-corrected chi connectivity index (χ3v) is 5.36. The maximum atomic E-state index is 5.87. The molecule has 1 aromatic rings. The zero-order valence-electron chi connectivity index (χ0n) is 9.19. The number of benzene rings is 1. The van der Waals surface area contributed by atoms with E-state index in [-0.39, 0.29) is 0 Å². The highest BCUT2D eigenvalue weighted by molar-refractivity contribution is 8.11. The minimum atomic E-state index is -2.11. The van der Waals surface area contributed by atoms with Crippen LogP contribution in [0.25, 0.3) is 0 Å². The molecule has 0 heterocycles. The van der Waals surface area contributed by atoms with Crippen molar-refractivity contribution in [1.29, 1.82) is 0 Å². The minimum Gasteiger partial charge on any atom is -0.454 e. The molecule has 15 heavy (non-hydrogen) atoms. The molecule has 0 radical (unpaired) electrons. The maximum Gasteiger partial charge on any atom is 0.175 e. The molecule has 1 rings (SSSR count). The SMILES string of the molecule is CCP(N)(=S)Oc1ccc(SC)c(C)c1. The van der Waals surface area contributed by atoms with Crippen LogP contribution in [0.3, 0.4) is 0 Å². The Morgan fingerprint density at radius 1 is 1.53 bits per heavy atom. The van der Waals surface area contributed by atoms with Gasteiger partial charge in [-0.15, -0.1) is 11.8 Å². The first kappa shape index (κ1) is 13.0. The van der Waals surface area contributed by atoms with Crippen molar-refractivity contribution < 1.29 is 4.52 Å². The second-order valence-electron chi connectivity index (χ2n) is 3.27. The Hall–Kier alpha value is -0.0200. The first-order valence-electron chi connectivity index (χ1n) is 4.70. The molecular formula is C10H16NOPS2. The predicted octanol–water partition coefficient (Wildman–Crippen LogP) is 3.38. The normalized spacial score (nSPS) is 14.7. The number of nitrogens with two attached hydrogens (primary N) is 1. The summed E-state index contributed by atoms with van der Waals surface area (Å²) in [6, 6.07) is 5.97. The number of hydrogen-bond acceptors (Lipinski definition) is 3. The van der Waals surface area contributed by atoms with E-state index in [2.05, 4.69) is 13.2 Å². The topological polar surface area (TPSA) is 35.2 Å². The second-order valence-corrected chi connectivity index (χ2v) is 8.23. The zero-order valence-corrected chi connectivity index (χ0v) is 11.7. The van der Waals surface area contributed by atoms with Crippen molar-refractivity contribution >= 4 is 30.0 Å². The summed E-state index contributed by atoms with van der Waals surface area (Å²) in [5.74, 6) is 0.790. The number of hydrogen-bond donors (Lipinski definition) is 1. The van der Waals surface area contributed by atoms with Crippen molar-refractivity contribution in [2.75, 3.05) is 12.4 Å². The van der Waals surface area contributed by atoms with Crippen LogP contribution in [-0.2, 0) is 11.8 Å². The quantitative estimate of drug-likeness (QED) is 0.665. The van der Waals surface area contributed by atoms with Crippen LogP contribution in [0.4, 0.5) is 0 Å². The molecule has 1 atom stereocenters. The lowest BCUT2D eigenvalue weighted by atomic mass is 10.2. The fourth-order valence-corrected chi connectivity index (χ4v) is 2.59. The Labute approximate surface area is 101 Å². The second kappa shape index (κ2) is 5.35. The largest absolute Gasteiger partial charge is 0.454 e. The summed E-state index contributed by atoms with van der Waals surface area (Å²) in [4.78, 5) is 1.25. The van der Waals surface area contributed by atoms with Gasteiger partial charge in [0.05, 0.1) is 0 Å². The van der Waals surface area contributed by atoms with Crippen molar-refractivity contribution in [2.24, 2.45) is 5.50 Å². The Balaban J connectivity index is 2.89. The molecule has 1 aromatic carbocycles. The molecule has 0 fully saturated rings. The molecule has 5 heteroatoms. The number of thioether (sulfide) groups is 1. The molecule has 0 saturated heterocycles. The third kappa shape index (κ3) is 3.80. The van der Waals surface area contributed by atoms with Gasteiger partial charge in [0.2, 0.25) is 0 Å². The highest BCUT2D eigenvalue weighted by atomic mass is 32.4. The Kier molecular flexibility index (Phi) is 4.65. The Morgan fingerprint density at radius 2 is 2.20 bits per heavy atom. The van der Waals surface area contributed by atoms with E-state index >= 15 is 0 Å². The fourth-order valence-electron chi connectivity index (χ4n) is 1.15. The van der Waals surface area contributed by atoms with Gasteiger partial charge in [0.15, 0.2) is 6.42 Å². The Morgan fingerprint density at radius 3 is 2.67 bits per heavy atom. The van der Waals surface area contributed by atoms with E-state index < -0.39 is 6.42 Å². The van der Waals surface area contributed by atoms with Crippen molar-refractivity contribution in [2.45, 2.75) is 18.7 Å². The van der Waals surface area contributed by atoms with Crippen LogP contribution in [0, 0.1) is 6.92 Å². The highest BCUT2D eigenvalue weighted by Crippen LogP contribution is 2.39. The predicted molar refractivity (Wildman–Crippen MR) is 72.6 cm³/mol. The van der Waals surface area contributed by atoms with Gasteiger partial charge in [-0.3, -0.25) is 5.50 Å². The number of aryl methyl sites for hydroxylation is 1. The monoisotopic (exact) mass is 261 g/mol. The molecule has 0 spiro atoms. The van der Waals surface area contributed by atoms with Crippen molar-refractivity contribution in [3.63, 3.8) is 0 Å². The summed E-state index contributed by atoms with van der Waals surface area (Å²) in [7, 11) is 0. The van der Waals surface area contributed by atoms with Crippen molar-refractivity contribution in [3.8, 4) is 5.75 Å². The van der Waals surface area contributed by atoms with E-state index in [1.165, 1.54) is 10.5 Å². The molecule has 0 bridgehead atoms. The highest BCUT2D eigenvalue weighted by Gasteiger charge is 2.10. The van der Waals surface area contributed by atoms with Crippen LogP contribution in [0.1, 0.15) is 12.5 Å². The van der Waals surface area contributed by atoms with E-state index in [0.29, 0.717) is 6.16 Å². The summed E-state index contributed by atoms with van der Waals surface area (Å²) >= 11 is 6.92. The summed E-state index contributed by atoms with van der Waals surface area (Å²) in [6.07, 6.45) is 0.659. The maximum absolute atomic E-state index is 5.87.